The van der Waals surface area contributed by atoms with Crippen LogP contribution in [0.15, 0.2) is 91.0 Å². The molecule has 4 aromatic rings. The summed E-state index contributed by atoms with van der Waals surface area (Å²) in [5.74, 6) is -0.232. The summed E-state index contributed by atoms with van der Waals surface area (Å²) >= 11 is 0. The van der Waals surface area contributed by atoms with Crippen LogP contribution in [0.2, 0.25) is 0 Å². The number of fused-ring (bicyclic) bond motifs is 1. The number of hydrogen-bond donors (Lipinski definition) is 2. The van der Waals surface area contributed by atoms with Crippen molar-refractivity contribution in [3.63, 3.8) is 0 Å². The van der Waals surface area contributed by atoms with Crippen LogP contribution in [-0.2, 0) is 13.1 Å². The van der Waals surface area contributed by atoms with Gasteiger partial charge >= 0.3 is 0 Å². The van der Waals surface area contributed by atoms with Crippen LogP contribution < -0.4 is 10.6 Å². The zero-order chi connectivity index (χ0) is 21.6. The largest absolute Gasteiger partial charge is 0.348 e. The molecule has 0 fully saturated rings. The van der Waals surface area contributed by atoms with Crippen LogP contribution in [0, 0.1) is 6.92 Å². The molecule has 0 saturated heterocycles. The molecule has 0 heterocycles. The molecule has 0 atom stereocenters. The van der Waals surface area contributed by atoms with Crippen LogP contribution in [0.3, 0.4) is 0 Å². The highest BCUT2D eigenvalue weighted by Crippen LogP contribution is 2.18. The summed E-state index contributed by atoms with van der Waals surface area (Å²) in [6.07, 6.45) is 0. The normalized spacial score (nSPS) is 10.6. The fourth-order valence-corrected chi connectivity index (χ4v) is 3.58. The van der Waals surface area contributed by atoms with E-state index in [1.165, 1.54) is 5.56 Å². The molecule has 0 radical (unpaired) electrons. The van der Waals surface area contributed by atoms with Crippen molar-refractivity contribution in [3.05, 3.63) is 119 Å². The Hall–Kier alpha value is -3.92. The Bertz CT molecular complexity index is 1220. The lowest BCUT2D eigenvalue weighted by Gasteiger charge is -2.09. The van der Waals surface area contributed by atoms with Gasteiger partial charge < -0.3 is 10.6 Å². The van der Waals surface area contributed by atoms with Crippen LogP contribution in [0.1, 0.15) is 37.4 Å². The van der Waals surface area contributed by atoms with E-state index in [-0.39, 0.29) is 11.8 Å². The molecular formula is C27H24N2O2. The van der Waals surface area contributed by atoms with Crippen molar-refractivity contribution >= 4 is 22.6 Å². The molecule has 0 aromatic heterocycles. The average Bonchev–Trinajstić information content (AvgIpc) is 2.81. The Balaban J connectivity index is 1.35. The highest BCUT2D eigenvalue weighted by Gasteiger charge is 2.10. The SMILES string of the molecule is Cc1cccc(CNC(=O)c2ccc(CNC(=O)c3cccc4ccccc34)cc2)c1. The second-order valence-corrected chi connectivity index (χ2v) is 7.58. The first-order valence-corrected chi connectivity index (χ1v) is 10.3. The van der Waals surface area contributed by atoms with Gasteiger partial charge in [-0.25, -0.2) is 0 Å². The fourth-order valence-electron chi connectivity index (χ4n) is 3.58. The summed E-state index contributed by atoms with van der Waals surface area (Å²) in [4.78, 5) is 25.1. The maximum Gasteiger partial charge on any atom is 0.252 e. The lowest BCUT2D eigenvalue weighted by molar-refractivity contribution is 0.0942. The van der Waals surface area contributed by atoms with Crippen LogP contribution in [0.5, 0.6) is 0 Å². The van der Waals surface area contributed by atoms with Crippen LogP contribution in [0.25, 0.3) is 10.8 Å². The molecule has 4 aromatic carbocycles. The topological polar surface area (TPSA) is 58.2 Å². The van der Waals surface area contributed by atoms with Crippen molar-refractivity contribution < 1.29 is 9.59 Å². The summed E-state index contributed by atoms with van der Waals surface area (Å²) < 4.78 is 0. The first-order valence-electron chi connectivity index (χ1n) is 10.3. The number of carbonyl (C=O) groups excluding carboxylic acids is 2. The maximum atomic E-state index is 12.7. The Morgan fingerprint density at radius 2 is 1.35 bits per heavy atom. The number of aryl methyl sites for hydroxylation is 1. The smallest absolute Gasteiger partial charge is 0.252 e. The monoisotopic (exact) mass is 408 g/mol. The van der Waals surface area contributed by atoms with E-state index < -0.39 is 0 Å². The zero-order valence-electron chi connectivity index (χ0n) is 17.4. The van der Waals surface area contributed by atoms with E-state index in [2.05, 4.69) is 16.7 Å². The Kier molecular flexibility index (Phi) is 6.08. The number of benzene rings is 4. The first kappa shape index (κ1) is 20.4. The molecule has 154 valence electrons. The second-order valence-electron chi connectivity index (χ2n) is 7.58. The average molecular weight is 409 g/mol. The van der Waals surface area contributed by atoms with Gasteiger partial charge in [0.2, 0.25) is 0 Å². The van der Waals surface area contributed by atoms with Gasteiger partial charge in [0.15, 0.2) is 0 Å². The van der Waals surface area contributed by atoms with Crippen molar-refractivity contribution in [2.75, 3.05) is 0 Å². The van der Waals surface area contributed by atoms with E-state index in [1.807, 2.05) is 79.7 Å². The predicted molar refractivity (Wildman–Crippen MR) is 124 cm³/mol. The summed E-state index contributed by atoms with van der Waals surface area (Å²) in [6, 6.07) is 28.9. The van der Waals surface area contributed by atoms with E-state index >= 15 is 0 Å². The second kappa shape index (κ2) is 9.26. The molecule has 4 heteroatoms. The van der Waals surface area contributed by atoms with E-state index in [4.69, 9.17) is 0 Å². The third-order valence-electron chi connectivity index (χ3n) is 5.24. The Morgan fingerprint density at radius 1 is 0.677 bits per heavy atom. The molecule has 2 N–H and O–H groups in total. The standard InChI is InChI=1S/C27H24N2O2/c1-19-6-4-7-21(16-19)18-28-26(30)23-14-12-20(13-15-23)17-29-27(31)25-11-5-9-22-8-2-3-10-24(22)25/h2-16H,17-18H2,1H3,(H,28,30)(H,29,31). The minimum absolute atomic E-state index is 0.114. The molecule has 0 bridgehead atoms. The van der Waals surface area contributed by atoms with Gasteiger partial charge in [-0.3, -0.25) is 9.59 Å². The van der Waals surface area contributed by atoms with Gasteiger partial charge in [-0.15, -0.1) is 0 Å². The number of amides is 2. The Morgan fingerprint density at radius 3 is 2.16 bits per heavy atom. The van der Waals surface area contributed by atoms with Crippen LogP contribution in [0.4, 0.5) is 0 Å². The summed E-state index contributed by atoms with van der Waals surface area (Å²) in [5.41, 5.74) is 4.42. The van der Waals surface area contributed by atoms with Gasteiger partial charge in [-0.2, -0.15) is 0 Å². The highest BCUT2D eigenvalue weighted by atomic mass is 16.2. The van der Waals surface area contributed by atoms with E-state index in [0.717, 1.165) is 21.9 Å². The van der Waals surface area contributed by atoms with Gasteiger partial charge in [0, 0.05) is 24.2 Å². The van der Waals surface area contributed by atoms with Gasteiger partial charge in [0.25, 0.3) is 11.8 Å². The predicted octanol–water partition coefficient (Wildman–Crippen LogP) is 5.01. The summed E-state index contributed by atoms with van der Waals surface area (Å²) in [6.45, 7) is 2.92. The van der Waals surface area contributed by atoms with Crippen LogP contribution >= 0.6 is 0 Å². The molecule has 0 aliphatic rings. The molecule has 2 amide bonds. The zero-order valence-corrected chi connectivity index (χ0v) is 17.4. The van der Waals surface area contributed by atoms with E-state index in [0.29, 0.717) is 24.2 Å². The Labute approximate surface area is 181 Å². The number of carbonyl (C=O) groups is 2. The fraction of sp³-hybridized carbons (Fsp3) is 0.111. The first-order chi connectivity index (χ1) is 15.1. The molecule has 4 nitrogen and oxygen atoms in total. The van der Waals surface area contributed by atoms with Gasteiger partial charge in [0.05, 0.1) is 0 Å². The number of hydrogen-bond acceptors (Lipinski definition) is 2. The third kappa shape index (κ3) is 4.98. The van der Waals surface area contributed by atoms with Crippen molar-refractivity contribution in [1.82, 2.24) is 10.6 Å². The molecule has 4 rings (SSSR count). The highest BCUT2D eigenvalue weighted by molar-refractivity contribution is 6.07. The minimum atomic E-state index is -0.118. The quantitative estimate of drug-likeness (QED) is 0.471. The molecule has 0 spiro atoms. The van der Waals surface area contributed by atoms with E-state index in [1.54, 1.807) is 12.1 Å². The van der Waals surface area contributed by atoms with E-state index in [9.17, 15) is 9.59 Å². The lowest BCUT2D eigenvalue weighted by atomic mass is 10.0. The third-order valence-corrected chi connectivity index (χ3v) is 5.24. The molecule has 0 aliphatic carbocycles. The van der Waals surface area contributed by atoms with Crippen molar-refractivity contribution in [2.24, 2.45) is 0 Å². The molecule has 0 saturated carbocycles. The van der Waals surface area contributed by atoms with Crippen molar-refractivity contribution in [3.8, 4) is 0 Å². The maximum absolute atomic E-state index is 12.7. The molecule has 0 unspecified atom stereocenters. The van der Waals surface area contributed by atoms with Crippen molar-refractivity contribution in [2.45, 2.75) is 20.0 Å². The number of rotatable bonds is 6. The number of nitrogens with one attached hydrogen (secondary N) is 2. The minimum Gasteiger partial charge on any atom is -0.348 e. The van der Waals surface area contributed by atoms with Gasteiger partial charge in [0.1, 0.15) is 0 Å². The summed E-state index contributed by atoms with van der Waals surface area (Å²) in [7, 11) is 0. The molecule has 0 aliphatic heterocycles. The lowest BCUT2D eigenvalue weighted by Crippen LogP contribution is -2.24. The van der Waals surface area contributed by atoms with Crippen molar-refractivity contribution in [1.29, 1.82) is 0 Å². The summed E-state index contributed by atoms with van der Waals surface area (Å²) in [5, 5.41) is 7.88. The van der Waals surface area contributed by atoms with Gasteiger partial charge in [-0.05, 0) is 47.0 Å². The van der Waals surface area contributed by atoms with Gasteiger partial charge in [-0.1, -0.05) is 78.4 Å². The molecule has 31 heavy (non-hydrogen) atoms. The molecular weight excluding hydrogens is 384 g/mol. The van der Waals surface area contributed by atoms with Crippen LogP contribution in [-0.4, -0.2) is 11.8 Å².